The SMILES string of the molecule is CCOP(CCCC1CCCNCC1)OCC. The smallest absolute Gasteiger partial charge is 0.170 e. The second-order valence-corrected chi connectivity index (χ2v) is 6.21. The van der Waals surface area contributed by atoms with Crippen molar-refractivity contribution in [1.82, 2.24) is 5.32 Å². The molecule has 1 aliphatic rings. The fraction of sp³-hybridized carbons (Fsp3) is 1.00. The van der Waals surface area contributed by atoms with Crippen molar-refractivity contribution < 1.29 is 9.05 Å². The summed E-state index contributed by atoms with van der Waals surface area (Å²) in [5.41, 5.74) is 0. The van der Waals surface area contributed by atoms with Crippen molar-refractivity contribution in [2.75, 3.05) is 32.5 Å². The molecule has 102 valence electrons. The molecule has 1 N–H and O–H groups in total. The highest BCUT2D eigenvalue weighted by molar-refractivity contribution is 7.47. The van der Waals surface area contributed by atoms with Crippen molar-refractivity contribution in [3.05, 3.63) is 0 Å². The van der Waals surface area contributed by atoms with Crippen LogP contribution in [0.15, 0.2) is 0 Å². The molecular formula is C13H28NO2P. The lowest BCUT2D eigenvalue weighted by molar-refractivity contribution is 0.268. The summed E-state index contributed by atoms with van der Waals surface area (Å²) in [4.78, 5) is 0. The fourth-order valence-corrected chi connectivity index (χ4v) is 3.69. The Morgan fingerprint density at radius 2 is 1.88 bits per heavy atom. The molecule has 0 aromatic rings. The van der Waals surface area contributed by atoms with E-state index in [4.69, 9.17) is 9.05 Å². The topological polar surface area (TPSA) is 30.5 Å². The highest BCUT2D eigenvalue weighted by Crippen LogP contribution is 2.39. The van der Waals surface area contributed by atoms with E-state index >= 15 is 0 Å². The zero-order valence-corrected chi connectivity index (χ0v) is 12.3. The van der Waals surface area contributed by atoms with E-state index in [2.05, 4.69) is 5.32 Å². The first-order valence-corrected chi connectivity index (χ1v) is 8.47. The third kappa shape index (κ3) is 7.35. The predicted molar refractivity (Wildman–Crippen MR) is 74.5 cm³/mol. The van der Waals surface area contributed by atoms with Crippen LogP contribution in [-0.4, -0.2) is 32.5 Å². The van der Waals surface area contributed by atoms with Crippen molar-refractivity contribution >= 4 is 8.38 Å². The Hall–Kier alpha value is 0.310. The van der Waals surface area contributed by atoms with Gasteiger partial charge in [-0.15, -0.1) is 0 Å². The van der Waals surface area contributed by atoms with E-state index < -0.39 is 8.38 Å². The Morgan fingerprint density at radius 3 is 2.59 bits per heavy atom. The molecule has 0 bridgehead atoms. The minimum Gasteiger partial charge on any atom is -0.334 e. The summed E-state index contributed by atoms with van der Waals surface area (Å²) >= 11 is 0. The van der Waals surface area contributed by atoms with Gasteiger partial charge in [-0.2, -0.15) is 0 Å². The minimum absolute atomic E-state index is 0.610. The van der Waals surface area contributed by atoms with E-state index in [1.807, 2.05) is 13.8 Å². The number of hydrogen-bond acceptors (Lipinski definition) is 3. The molecule has 0 aromatic heterocycles. The largest absolute Gasteiger partial charge is 0.334 e. The molecule has 1 saturated heterocycles. The van der Waals surface area contributed by atoms with Crippen LogP contribution >= 0.6 is 8.38 Å². The van der Waals surface area contributed by atoms with Gasteiger partial charge in [0, 0.05) is 6.16 Å². The predicted octanol–water partition coefficient (Wildman–Crippen LogP) is 3.54. The first kappa shape index (κ1) is 15.4. The molecule has 17 heavy (non-hydrogen) atoms. The first-order valence-electron chi connectivity index (χ1n) is 7.10. The number of hydrogen-bond donors (Lipinski definition) is 1. The van der Waals surface area contributed by atoms with E-state index in [1.165, 1.54) is 45.2 Å². The molecule has 3 nitrogen and oxygen atoms in total. The molecule has 1 heterocycles. The van der Waals surface area contributed by atoms with Gasteiger partial charge in [-0.1, -0.05) is 0 Å². The van der Waals surface area contributed by atoms with E-state index in [1.54, 1.807) is 0 Å². The molecular weight excluding hydrogens is 233 g/mol. The Balaban J connectivity index is 2.10. The number of rotatable bonds is 8. The molecule has 4 heteroatoms. The Morgan fingerprint density at radius 1 is 1.12 bits per heavy atom. The first-order chi connectivity index (χ1) is 8.36. The van der Waals surface area contributed by atoms with Crippen LogP contribution in [0.4, 0.5) is 0 Å². The monoisotopic (exact) mass is 261 g/mol. The normalized spacial score (nSPS) is 21.7. The molecule has 1 rings (SSSR count). The molecule has 0 aromatic carbocycles. The van der Waals surface area contributed by atoms with Crippen LogP contribution < -0.4 is 5.32 Å². The van der Waals surface area contributed by atoms with Gasteiger partial charge in [0.25, 0.3) is 0 Å². The van der Waals surface area contributed by atoms with Crippen LogP contribution in [0.1, 0.15) is 46.0 Å². The molecule has 0 saturated carbocycles. The van der Waals surface area contributed by atoms with Gasteiger partial charge in [0.1, 0.15) is 0 Å². The van der Waals surface area contributed by atoms with Crippen LogP contribution in [0.3, 0.4) is 0 Å². The van der Waals surface area contributed by atoms with Gasteiger partial charge >= 0.3 is 0 Å². The highest BCUT2D eigenvalue weighted by Gasteiger charge is 2.14. The zero-order chi connectivity index (χ0) is 12.3. The molecule has 0 radical (unpaired) electrons. The quantitative estimate of drug-likeness (QED) is 0.678. The fourth-order valence-electron chi connectivity index (χ4n) is 2.34. The average Bonchev–Trinajstić information content (AvgIpc) is 2.58. The second kappa shape index (κ2) is 10.3. The maximum atomic E-state index is 5.63. The second-order valence-electron chi connectivity index (χ2n) is 4.58. The van der Waals surface area contributed by atoms with Crippen LogP contribution in [0.5, 0.6) is 0 Å². The molecule has 1 aliphatic heterocycles. The van der Waals surface area contributed by atoms with Gasteiger partial charge in [0.2, 0.25) is 0 Å². The average molecular weight is 261 g/mol. The van der Waals surface area contributed by atoms with Crippen LogP contribution in [0.2, 0.25) is 0 Å². The summed E-state index contributed by atoms with van der Waals surface area (Å²) in [6.45, 7) is 8.06. The highest BCUT2D eigenvalue weighted by atomic mass is 31.2. The van der Waals surface area contributed by atoms with Crippen LogP contribution in [-0.2, 0) is 9.05 Å². The van der Waals surface area contributed by atoms with Gasteiger partial charge in [-0.3, -0.25) is 0 Å². The summed E-state index contributed by atoms with van der Waals surface area (Å²) < 4.78 is 11.3. The molecule has 1 fully saturated rings. The lowest BCUT2D eigenvalue weighted by Crippen LogP contribution is -2.14. The van der Waals surface area contributed by atoms with E-state index in [0.29, 0.717) is 0 Å². The zero-order valence-electron chi connectivity index (χ0n) is 11.4. The standard InChI is InChI=1S/C13H28NO2P/c1-3-15-17(16-4-2)12-6-8-13-7-5-10-14-11-9-13/h13-14H,3-12H2,1-2H3. The van der Waals surface area contributed by atoms with Crippen molar-refractivity contribution in [2.45, 2.75) is 46.0 Å². The van der Waals surface area contributed by atoms with E-state index in [-0.39, 0.29) is 0 Å². The van der Waals surface area contributed by atoms with Crippen LogP contribution in [0.25, 0.3) is 0 Å². The summed E-state index contributed by atoms with van der Waals surface area (Å²) in [6.07, 6.45) is 7.81. The van der Waals surface area contributed by atoms with Crippen molar-refractivity contribution in [3.63, 3.8) is 0 Å². The Bertz CT molecular complexity index is 165. The van der Waals surface area contributed by atoms with E-state index in [0.717, 1.165) is 25.3 Å². The minimum atomic E-state index is -0.610. The number of nitrogens with one attached hydrogen (secondary N) is 1. The van der Waals surface area contributed by atoms with E-state index in [9.17, 15) is 0 Å². The van der Waals surface area contributed by atoms with Gasteiger partial charge < -0.3 is 14.4 Å². The van der Waals surface area contributed by atoms with Gasteiger partial charge in [-0.25, -0.2) is 0 Å². The van der Waals surface area contributed by atoms with Crippen molar-refractivity contribution in [3.8, 4) is 0 Å². The van der Waals surface area contributed by atoms with Gasteiger partial charge in [0.05, 0.1) is 13.2 Å². The third-order valence-electron chi connectivity index (χ3n) is 3.19. The summed E-state index contributed by atoms with van der Waals surface area (Å²) in [5.74, 6) is 0.921. The maximum Gasteiger partial charge on any atom is 0.170 e. The van der Waals surface area contributed by atoms with Crippen LogP contribution in [0, 0.1) is 5.92 Å². The summed E-state index contributed by atoms with van der Waals surface area (Å²) in [6, 6.07) is 0. The molecule has 1 unspecified atom stereocenters. The van der Waals surface area contributed by atoms with Crippen molar-refractivity contribution in [1.29, 1.82) is 0 Å². The molecule has 1 atom stereocenters. The third-order valence-corrected chi connectivity index (χ3v) is 4.97. The summed E-state index contributed by atoms with van der Waals surface area (Å²) in [7, 11) is -0.610. The Kier molecular flexibility index (Phi) is 9.27. The van der Waals surface area contributed by atoms with Gasteiger partial charge in [-0.05, 0) is 65.0 Å². The summed E-state index contributed by atoms with van der Waals surface area (Å²) in [5, 5.41) is 3.47. The Labute approximate surface area is 108 Å². The maximum absolute atomic E-state index is 5.63. The molecule has 0 amide bonds. The molecule has 0 spiro atoms. The lowest BCUT2D eigenvalue weighted by Gasteiger charge is -2.17. The van der Waals surface area contributed by atoms with Crippen molar-refractivity contribution in [2.24, 2.45) is 5.92 Å². The lowest BCUT2D eigenvalue weighted by atomic mass is 9.96. The molecule has 0 aliphatic carbocycles. The van der Waals surface area contributed by atoms with Gasteiger partial charge in [0.15, 0.2) is 8.38 Å².